The standard InChI is InChI=1S/C18H21F3N4O/c19-18(20,21)14-3-1-2-8-25(14)15-9-11(10-16(26)24-15)12-4-6-22-17-13(12)5-7-23-17/h4-7,11,14-15H,1-3,8-10H2,(H,22,23)(H,24,26). The van der Waals surface area contributed by atoms with Gasteiger partial charge in [0.15, 0.2) is 0 Å². The van der Waals surface area contributed by atoms with Crippen LogP contribution in [0.4, 0.5) is 13.2 Å². The molecule has 2 aromatic rings. The van der Waals surface area contributed by atoms with Crippen molar-refractivity contribution in [1.29, 1.82) is 0 Å². The van der Waals surface area contributed by atoms with Gasteiger partial charge < -0.3 is 10.3 Å². The predicted octanol–water partition coefficient (Wildman–Crippen LogP) is 3.30. The van der Waals surface area contributed by atoms with Crippen LogP contribution in [0.5, 0.6) is 0 Å². The molecule has 2 aliphatic heterocycles. The van der Waals surface area contributed by atoms with Crippen LogP contribution in [0.1, 0.15) is 43.6 Å². The fourth-order valence-corrected chi connectivity index (χ4v) is 4.35. The highest BCUT2D eigenvalue weighted by molar-refractivity contribution is 5.83. The van der Waals surface area contributed by atoms with Crippen LogP contribution in [0, 0.1) is 0 Å². The highest BCUT2D eigenvalue weighted by atomic mass is 19.4. The molecule has 140 valence electrons. The molecule has 8 heteroatoms. The van der Waals surface area contributed by atoms with E-state index in [1.807, 2.05) is 12.1 Å². The second-order valence-electron chi connectivity index (χ2n) is 7.15. The molecule has 2 fully saturated rings. The van der Waals surface area contributed by atoms with Crippen molar-refractivity contribution in [2.75, 3.05) is 6.54 Å². The summed E-state index contributed by atoms with van der Waals surface area (Å²) in [5, 5.41) is 3.72. The lowest BCUT2D eigenvalue weighted by Gasteiger charge is -2.44. The molecular formula is C18H21F3N4O. The summed E-state index contributed by atoms with van der Waals surface area (Å²) in [6.07, 6.45) is 0.741. The number of aromatic nitrogens is 2. The first-order valence-corrected chi connectivity index (χ1v) is 8.97. The van der Waals surface area contributed by atoms with Gasteiger partial charge in [0.05, 0.1) is 6.17 Å². The van der Waals surface area contributed by atoms with Crippen LogP contribution < -0.4 is 5.32 Å². The van der Waals surface area contributed by atoms with E-state index in [2.05, 4.69) is 15.3 Å². The van der Waals surface area contributed by atoms with Crippen LogP contribution in [0.3, 0.4) is 0 Å². The van der Waals surface area contributed by atoms with Crippen molar-refractivity contribution in [3.63, 3.8) is 0 Å². The van der Waals surface area contributed by atoms with Crippen molar-refractivity contribution >= 4 is 16.9 Å². The second kappa shape index (κ2) is 6.57. The van der Waals surface area contributed by atoms with Gasteiger partial charge in [0.25, 0.3) is 0 Å². The topological polar surface area (TPSA) is 61.0 Å². The van der Waals surface area contributed by atoms with Gasteiger partial charge in [-0.3, -0.25) is 9.69 Å². The predicted molar refractivity (Wildman–Crippen MR) is 90.4 cm³/mol. The maximum atomic E-state index is 13.5. The van der Waals surface area contributed by atoms with Crippen molar-refractivity contribution in [1.82, 2.24) is 20.2 Å². The van der Waals surface area contributed by atoms with E-state index in [-0.39, 0.29) is 24.7 Å². The maximum absolute atomic E-state index is 13.5. The van der Waals surface area contributed by atoms with E-state index in [0.717, 1.165) is 23.0 Å². The minimum Gasteiger partial charge on any atom is -0.346 e. The maximum Gasteiger partial charge on any atom is 0.404 e. The Morgan fingerprint density at radius 1 is 1.23 bits per heavy atom. The number of rotatable bonds is 2. The van der Waals surface area contributed by atoms with Crippen LogP contribution in [0.25, 0.3) is 11.0 Å². The highest BCUT2D eigenvalue weighted by Gasteiger charge is 2.48. The number of nitrogens with zero attached hydrogens (tertiary/aromatic N) is 2. The molecule has 4 rings (SSSR count). The molecule has 0 spiro atoms. The lowest BCUT2D eigenvalue weighted by molar-refractivity contribution is -0.201. The number of piperidine rings is 2. The normalized spacial score (nSPS) is 28.3. The molecule has 2 N–H and O–H groups in total. The summed E-state index contributed by atoms with van der Waals surface area (Å²) in [4.78, 5) is 21.0. The van der Waals surface area contributed by atoms with Gasteiger partial charge in [0.1, 0.15) is 11.7 Å². The minimum absolute atomic E-state index is 0.0951. The molecule has 0 aromatic carbocycles. The Morgan fingerprint density at radius 3 is 2.88 bits per heavy atom. The first kappa shape index (κ1) is 17.3. The molecule has 2 aromatic heterocycles. The first-order valence-electron chi connectivity index (χ1n) is 8.97. The molecule has 3 unspecified atom stereocenters. The molecule has 4 heterocycles. The van der Waals surface area contributed by atoms with Gasteiger partial charge in [-0.05, 0) is 42.9 Å². The number of likely N-dealkylation sites (tertiary alicyclic amines) is 1. The lowest BCUT2D eigenvalue weighted by Crippen LogP contribution is -2.60. The van der Waals surface area contributed by atoms with E-state index < -0.39 is 18.4 Å². The van der Waals surface area contributed by atoms with E-state index >= 15 is 0 Å². The van der Waals surface area contributed by atoms with Gasteiger partial charge in [-0.1, -0.05) is 6.42 Å². The van der Waals surface area contributed by atoms with E-state index in [4.69, 9.17) is 0 Å². The summed E-state index contributed by atoms with van der Waals surface area (Å²) in [5.74, 6) is -0.316. The van der Waals surface area contributed by atoms with E-state index in [9.17, 15) is 18.0 Å². The molecule has 0 saturated carbocycles. The number of carbonyl (C=O) groups is 1. The van der Waals surface area contributed by atoms with Crippen LogP contribution in [0.2, 0.25) is 0 Å². The SMILES string of the molecule is O=C1CC(c2ccnc3[nH]ccc23)CC(N2CCCCC2C(F)(F)F)N1. The van der Waals surface area contributed by atoms with Gasteiger partial charge in [-0.25, -0.2) is 4.98 Å². The smallest absolute Gasteiger partial charge is 0.346 e. The first-order chi connectivity index (χ1) is 12.4. The Hall–Kier alpha value is -2.09. The molecular weight excluding hydrogens is 345 g/mol. The fraction of sp³-hybridized carbons (Fsp3) is 0.556. The van der Waals surface area contributed by atoms with Crippen molar-refractivity contribution in [2.24, 2.45) is 0 Å². The van der Waals surface area contributed by atoms with Crippen LogP contribution in [-0.4, -0.2) is 45.7 Å². The number of pyridine rings is 1. The van der Waals surface area contributed by atoms with Crippen LogP contribution in [0.15, 0.2) is 24.5 Å². The average Bonchev–Trinajstić information content (AvgIpc) is 3.09. The van der Waals surface area contributed by atoms with Gasteiger partial charge in [-0.15, -0.1) is 0 Å². The largest absolute Gasteiger partial charge is 0.404 e. The number of hydrogen-bond donors (Lipinski definition) is 2. The number of H-pyrrole nitrogens is 1. The Morgan fingerprint density at radius 2 is 2.08 bits per heavy atom. The molecule has 0 bridgehead atoms. The van der Waals surface area contributed by atoms with Gasteiger partial charge in [-0.2, -0.15) is 13.2 Å². The number of hydrogen-bond acceptors (Lipinski definition) is 3. The number of amides is 1. The number of aromatic amines is 1. The number of halogens is 3. The average molecular weight is 366 g/mol. The number of fused-ring (bicyclic) bond motifs is 1. The summed E-state index contributed by atoms with van der Waals surface area (Å²) in [5.41, 5.74) is 1.70. The Labute approximate surface area is 149 Å². The number of nitrogens with one attached hydrogen (secondary N) is 2. The van der Waals surface area contributed by atoms with Gasteiger partial charge in [0, 0.05) is 30.7 Å². The van der Waals surface area contributed by atoms with E-state index in [1.54, 1.807) is 12.4 Å². The Bertz CT molecular complexity index is 803. The van der Waals surface area contributed by atoms with Crippen molar-refractivity contribution in [2.45, 2.75) is 56.4 Å². The number of carbonyl (C=O) groups excluding carboxylic acids is 1. The van der Waals surface area contributed by atoms with Gasteiger partial charge in [0.2, 0.25) is 5.91 Å². The van der Waals surface area contributed by atoms with Crippen molar-refractivity contribution in [3.8, 4) is 0 Å². The quantitative estimate of drug-likeness (QED) is 0.857. The summed E-state index contributed by atoms with van der Waals surface area (Å²) < 4.78 is 40.4. The third-order valence-electron chi connectivity index (χ3n) is 5.52. The summed E-state index contributed by atoms with van der Waals surface area (Å²) in [7, 11) is 0. The van der Waals surface area contributed by atoms with Crippen molar-refractivity contribution < 1.29 is 18.0 Å². The zero-order chi connectivity index (χ0) is 18.3. The zero-order valence-electron chi connectivity index (χ0n) is 14.2. The minimum atomic E-state index is -4.28. The zero-order valence-corrected chi connectivity index (χ0v) is 14.2. The van der Waals surface area contributed by atoms with Gasteiger partial charge >= 0.3 is 6.18 Å². The Kier molecular flexibility index (Phi) is 4.38. The van der Waals surface area contributed by atoms with Crippen LogP contribution >= 0.6 is 0 Å². The molecule has 1 amide bonds. The van der Waals surface area contributed by atoms with Crippen LogP contribution in [-0.2, 0) is 4.79 Å². The lowest BCUT2D eigenvalue weighted by atomic mass is 9.86. The molecule has 0 radical (unpaired) electrons. The molecule has 3 atom stereocenters. The molecule has 2 aliphatic rings. The fourth-order valence-electron chi connectivity index (χ4n) is 4.35. The molecule has 2 saturated heterocycles. The second-order valence-corrected chi connectivity index (χ2v) is 7.15. The Balaban J connectivity index is 1.62. The summed E-state index contributed by atoms with van der Waals surface area (Å²) in [6.45, 7) is 0.359. The summed E-state index contributed by atoms with van der Waals surface area (Å²) >= 11 is 0. The monoisotopic (exact) mass is 366 g/mol. The van der Waals surface area contributed by atoms with E-state index in [0.29, 0.717) is 19.4 Å². The molecule has 26 heavy (non-hydrogen) atoms. The highest BCUT2D eigenvalue weighted by Crippen LogP contribution is 2.38. The third-order valence-corrected chi connectivity index (χ3v) is 5.52. The molecule has 5 nitrogen and oxygen atoms in total. The molecule has 0 aliphatic carbocycles. The number of alkyl halides is 3. The third kappa shape index (κ3) is 3.18. The van der Waals surface area contributed by atoms with Crippen molar-refractivity contribution in [3.05, 3.63) is 30.1 Å². The summed E-state index contributed by atoms with van der Waals surface area (Å²) in [6, 6.07) is 2.29. The van der Waals surface area contributed by atoms with E-state index in [1.165, 1.54) is 4.90 Å².